The van der Waals surface area contributed by atoms with Gasteiger partial charge in [-0.05, 0) is 24.3 Å². The van der Waals surface area contributed by atoms with Gasteiger partial charge in [0.25, 0.3) is 5.69 Å². The first-order valence-corrected chi connectivity index (χ1v) is 8.58. The SMILES string of the molecule is CC.O=C(OCCSc1ccc([N+](=O)[O-])cn1)c1cccc(Cl)c1. The molecule has 0 amide bonds. The number of rotatable bonds is 6. The lowest BCUT2D eigenvalue weighted by Gasteiger charge is -2.05. The van der Waals surface area contributed by atoms with Crippen LogP contribution in [0.15, 0.2) is 47.6 Å². The summed E-state index contributed by atoms with van der Waals surface area (Å²) in [5.74, 6) is 0.0525. The maximum absolute atomic E-state index is 11.7. The molecule has 128 valence electrons. The number of aromatic nitrogens is 1. The van der Waals surface area contributed by atoms with Crippen molar-refractivity contribution in [1.29, 1.82) is 0 Å². The van der Waals surface area contributed by atoms with E-state index in [0.29, 0.717) is 21.4 Å². The van der Waals surface area contributed by atoms with Gasteiger partial charge in [-0.1, -0.05) is 31.5 Å². The summed E-state index contributed by atoms with van der Waals surface area (Å²) in [6.45, 7) is 4.20. The summed E-state index contributed by atoms with van der Waals surface area (Å²) in [7, 11) is 0. The summed E-state index contributed by atoms with van der Waals surface area (Å²) in [5.41, 5.74) is 0.336. The quantitative estimate of drug-likeness (QED) is 0.243. The predicted octanol–water partition coefficient (Wildman–Crippen LogP) is 4.62. The second-order valence-corrected chi connectivity index (χ2v) is 5.66. The lowest BCUT2D eigenvalue weighted by atomic mass is 10.2. The zero-order valence-corrected chi connectivity index (χ0v) is 14.8. The molecule has 0 radical (unpaired) electrons. The first kappa shape index (κ1) is 19.9. The standard InChI is InChI=1S/C14H11ClN2O4S.C2H6/c15-11-3-1-2-10(8-11)14(18)21-6-7-22-13-5-4-12(9-16-13)17(19)20;1-2/h1-5,8-9H,6-7H2;1-2H3. The first-order valence-electron chi connectivity index (χ1n) is 7.22. The van der Waals surface area contributed by atoms with Crippen molar-refractivity contribution in [2.75, 3.05) is 12.4 Å². The van der Waals surface area contributed by atoms with E-state index >= 15 is 0 Å². The summed E-state index contributed by atoms with van der Waals surface area (Å²) < 4.78 is 5.11. The molecule has 0 atom stereocenters. The minimum atomic E-state index is -0.506. The van der Waals surface area contributed by atoms with Crippen molar-refractivity contribution in [3.63, 3.8) is 0 Å². The Kier molecular flexibility index (Phi) is 8.81. The summed E-state index contributed by atoms with van der Waals surface area (Å²) >= 11 is 7.14. The van der Waals surface area contributed by atoms with Gasteiger partial charge in [-0.2, -0.15) is 0 Å². The Bertz CT molecular complexity index is 680. The van der Waals surface area contributed by atoms with Crippen molar-refractivity contribution in [1.82, 2.24) is 4.98 Å². The summed E-state index contributed by atoms with van der Waals surface area (Å²) in [4.78, 5) is 25.7. The maximum Gasteiger partial charge on any atom is 0.338 e. The number of hydrogen-bond donors (Lipinski definition) is 0. The molecule has 1 aromatic heterocycles. The molecule has 0 aliphatic carbocycles. The molecule has 0 bridgehead atoms. The van der Waals surface area contributed by atoms with Gasteiger partial charge in [0.1, 0.15) is 12.8 Å². The second-order valence-electron chi connectivity index (χ2n) is 4.11. The fraction of sp³-hybridized carbons (Fsp3) is 0.250. The van der Waals surface area contributed by atoms with Crippen LogP contribution in [-0.2, 0) is 4.74 Å². The van der Waals surface area contributed by atoms with Gasteiger partial charge in [0.05, 0.1) is 15.5 Å². The van der Waals surface area contributed by atoms with E-state index in [1.807, 2.05) is 13.8 Å². The highest BCUT2D eigenvalue weighted by Gasteiger charge is 2.08. The smallest absolute Gasteiger partial charge is 0.338 e. The van der Waals surface area contributed by atoms with Crippen LogP contribution in [0.3, 0.4) is 0 Å². The summed E-state index contributed by atoms with van der Waals surface area (Å²) in [5, 5.41) is 11.6. The molecule has 0 aliphatic rings. The number of esters is 1. The number of halogens is 1. The third kappa shape index (κ3) is 6.55. The van der Waals surface area contributed by atoms with Gasteiger partial charge in [-0.15, -0.1) is 11.8 Å². The first-order chi connectivity index (χ1) is 11.6. The molecule has 1 aromatic carbocycles. The van der Waals surface area contributed by atoms with Crippen LogP contribution in [-0.4, -0.2) is 28.2 Å². The number of benzene rings is 1. The van der Waals surface area contributed by atoms with E-state index in [2.05, 4.69) is 4.98 Å². The van der Waals surface area contributed by atoms with Crippen LogP contribution in [0.4, 0.5) is 5.69 Å². The molecule has 24 heavy (non-hydrogen) atoms. The van der Waals surface area contributed by atoms with Gasteiger partial charge in [0.15, 0.2) is 0 Å². The van der Waals surface area contributed by atoms with E-state index in [1.165, 1.54) is 30.1 Å². The molecular formula is C16H17ClN2O4S. The molecule has 0 unspecified atom stereocenters. The van der Waals surface area contributed by atoms with Gasteiger partial charge >= 0.3 is 5.97 Å². The second kappa shape index (κ2) is 10.6. The Labute approximate surface area is 149 Å². The molecule has 6 nitrogen and oxygen atoms in total. The van der Waals surface area contributed by atoms with Crippen LogP contribution in [0.2, 0.25) is 5.02 Å². The fourth-order valence-corrected chi connectivity index (χ4v) is 2.40. The molecule has 0 spiro atoms. The van der Waals surface area contributed by atoms with Crippen molar-refractivity contribution in [2.24, 2.45) is 0 Å². The molecule has 0 aliphatic heterocycles. The average Bonchev–Trinajstić information content (AvgIpc) is 2.60. The fourth-order valence-electron chi connectivity index (χ4n) is 1.55. The number of thioether (sulfide) groups is 1. The van der Waals surface area contributed by atoms with Crippen LogP contribution in [0.5, 0.6) is 0 Å². The van der Waals surface area contributed by atoms with E-state index in [1.54, 1.807) is 24.3 Å². The number of nitro groups is 1. The molecule has 8 heteroatoms. The van der Waals surface area contributed by atoms with E-state index < -0.39 is 10.9 Å². The number of pyridine rings is 1. The van der Waals surface area contributed by atoms with Crippen molar-refractivity contribution in [3.8, 4) is 0 Å². The summed E-state index contributed by atoms with van der Waals surface area (Å²) in [6, 6.07) is 9.45. The molecule has 0 saturated carbocycles. The maximum atomic E-state index is 11.7. The van der Waals surface area contributed by atoms with Gasteiger partial charge in [-0.3, -0.25) is 10.1 Å². The lowest BCUT2D eigenvalue weighted by Crippen LogP contribution is -2.07. The molecular weight excluding hydrogens is 352 g/mol. The van der Waals surface area contributed by atoms with E-state index in [9.17, 15) is 14.9 Å². The number of carbonyl (C=O) groups is 1. The third-order valence-corrected chi connectivity index (χ3v) is 3.70. The number of nitrogens with zero attached hydrogens (tertiary/aromatic N) is 2. The van der Waals surface area contributed by atoms with Crippen LogP contribution < -0.4 is 0 Å². The van der Waals surface area contributed by atoms with Crippen molar-refractivity contribution >= 4 is 35.0 Å². The van der Waals surface area contributed by atoms with E-state index in [4.69, 9.17) is 16.3 Å². The lowest BCUT2D eigenvalue weighted by molar-refractivity contribution is -0.385. The molecule has 0 saturated heterocycles. The predicted molar refractivity (Wildman–Crippen MR) is 94.7 cm³/mol. The van der Waals surface area contributed by atoms with E-state index in [0.717, 1.165) is 0 Å². The van der Waals surface area contributed by atoms with Crippen LogP contribution >= 0.6 is 23.4 Å². The minimum Gasteiger partial charge on any atom is -0.461 e. The Morgan fingerprint density at radius 2 is 2.08 bits per heavy atom. The zero-order valence-electron chi connectivity index (χ0n) is 13.3. The number of carbonyl (C=O) groups excluding carboxylic acids is 1. The molecule has 0 N–H and O–H groups in total. The Hall–Kier alpha value is -2.12. The van der Waals surface area contributed by atoms with Gasteiger partial charge in [0, 0.05) is 16.8 Å². The van der Waals surface area contributed by atoms with Crippen molar-refractivity contribution in [3.05, 3.63) is 63.3 Å². The van der Waals surface area contributed by atoms with Crippen molar-refractivity contribution in [2.45, 2.75) is 18.9 Å². The molecule has 2 aromatic rings. The topological polar surface area (TPSA) is 82.3 Å². The molecule has 1 heterocycles. The third-order valence-electron chi connectivity index (χ3n) is 2.56. The molecule has 2 rings (SSSR count). The van der Waals surface area contributed by atoms with Crippen LogP contribution in [0.25, 0.3) is 0 Å². The van der Waals surface area contributed by atoms with Crippen molar-refractivity contribution < 1.29 is 14.5 Å². The minimum absolute atomic E-state index is 0.0586. The van der Waals surface area contributed by atoms with Gasteiger partial charge in [-0.25, -0.2) is 9.78 Å². The van der Waals surface area contributed by atoms with Gasteiger partial charge < -0.3 is 4.74 Å². The average molecular weight is 369 g/mol. The monoisotopic (exact) mass is 368 g/mol. The molecule has 0 fully saturated rings. The highest BCUT2D eigenvalue weighted by molar-refractivity contribution is 7.99. The van der Waals surface area contributed by atoms with Gasteiger partial charge in [0.2, 0.25) is 0 Å². The Balaban J connectivity index is 0.00000139. The summed E-state index contributed by atoms with van der Waals surface area (Å²) in [6.07, 6.45) is 1.19. The highest BCUT2D eigenvalue weighted by atomic mass is 35.5. The largest absolute Gasteiger partial charge is 0.461 e. The highest BCUT2D eigenvalue weighted by Crippen LogP contribution is 2.18. The number of hydrogen-bond acceptors (Lipinski definition) is 6. The van der Waals surface area contributed by atoms with Crippen LogP contribution in [0, 0.1) is 10.1 Å². The van der Waals surface area contributed by atoms with Crippen LogP contribution in [0.1, 0.15) is 24.2 Å². The Morgan fingerprint density at radius 3 is 2.67 bits per heavy atom. The van der Waals surface area contributed by atoms with E-state index in [-0.39, 0.29) is 12.3 Å². The number of ether oxygens (including phenoxy) is 1. The normalized spacial score (nSPS) is 9.62. The zero-order chi connectivity index (χ0) is 17.9. The Morgan fingerprint density at radius 1 is 1.33 bits per heavy atom.